The van der Waals surface area contributed by atoms with Gasteiger partial charge in [0.1, 0.15) is 5.60 Å². The van der Waals surface area contributed by atoms with Gasteiger partial charge >= 0.3 is 0 Å². The van der Waals surface area contributed by atoms with Crippen LogP contribution < -0.4 is 5.32 Å². The molecule has 4 N–H and O–H groups in total. The van der Waals surface area contributed by atoms with Gasteiger partial charge in [-0.2, -0.15) is 0 Å². The van der Waals surface area contributed by atoms with Gasteiger partial charge in [-0.15, -0.1) is 11.3 Å². The maximum absolute atomic E-state index is 11.4. The third-order valence-electron chi connectivity index (χ3n) is 1.91. The molecule has 0 aliphatic carbocycles. The molecule has 1 rings (SSSR count). The van der Waals surface area contributed by atoms with Crippen LogP contribution in [0.2, 0.25) is 0 Å². The van der Waals surface area contributed by atoms with Crippen molar-refractivity contribution >= 4 is 17.2 Å². The van der Waals surface area contributed by atoms with Gasteiger partial charge < -0.3 is 20.6 Å². The van der Waals surface area contributed by atoms with Crippen LogP contribution >= 0.6 is 11.3 Å². The molecular weight excluding hydrogens is 218 g/mol. The van der Waals surface area contributed by atoms with Crippen molar-refractivity contribution in [1.82, 2.24) is 5.32 Å². The minimum absolute atomic E-state index is 0.184. The smallest absolute Gasteiger partial charge is 0.261 e. The van der Waals surface area contributed by atoms with E-state index in [1.807, 2.05) is 0 Å². The summed E-state index contributed by atoms with van der Waals surface area (Å²) < 4.78 is 0. The fourth-order valence-electron chi connectivity index (χ4n) is 0.901. The Morgan fingerprint density at radius 1 is 1.47 bits per heavy atom. The standard InChI is InChI=1S/C9H13NO4S/c11-5-9(14,6-12)4-10-8(13)7-2-1-3-15-7/h1-3,11-12,14H,4-6H2,(H,10,13). The third-order valence-corrected chi connectivity index (χ3v) is 2.78. The van der Waals surface area contributed by atoms with E-state index in [0.717, 1.165) is 0 Å². The Morgan fingerprint density at radius 3 is 2.60 bits per heavy atom. The SMILES string of the molecule is O=C(NCC(O)(CO)CO)c1cccs1. The summed E-state index contributed by atoms with van der Waals surface area (Å²) in [6.45, 7) is -1.39. The van der Waals surface area contributed by atoms with Gasteiger partial charge in [-0.25, -0.2) is 0 Å². The highest BCUT2D eigenvalue weighted by Gasteiger charge is 2.25. The van der Waals surface area contributed by atoms with Gasteiger partial charge in [-0.3, -0.25) is 4.79 Å². The Morgan fingerprint density at radius 2 is 2.13 bits per heavy atom. The summed E-state index contributed by atoms with van der Waals surface area (Å²) in [6, 6.07) is 3.39. The Balaban J connectivity index is 2.47. The molecule has 15 heavy (non-hydrogen) atoms. The molecule has 0 fully saturated rings. The molecule has 0 bridgehead atoms. The van der Waals surface area contributed by atoms with E-state index >= 15 is 0 Å². The topological polar surface area (TPSA) is 89.8 Å². The monoisotopic (exact) mass is 231 g/mol. The lowest BCUT2D eigenvalue weighted by Gasteiger charge is -2.23. The zero-order chi connectivity index (χ0) is 11.3. The number of amides is 1. The number of aliphatic hydroxyl groups is 3. The second-order valence-electron chi connectivity index (χ2n) is 3.20. The van der Waals surface area contributed by atoms with E-state index in [-0.39, 0.29) is 12.5 Å². The summed E-state index contributed by atoms with van der Waals surface area (Å²) in [5, 5.41) is 31.2. The molecule has 1 aromatic rings. The Labute approximate surface area is 91.0 Å². The van der Waals surface area contributed by atoms with Crippen LogP contribution in [0.25, 0.3) is 0 Å². The van der Waals surface area contributed by atoms with Crippen LogP contribution in [0.3, 0.4) is 0 Å². The van der Waals surface area contributed by atoms with Crippen LogP contribution in [0.4, 0.5) is 0 Å². The molecule has 0 saturated carbocycles. The van der Waals surface area contributed by atoms with Crippen molar-refractivity contribution in [2.45, 2.75) is 5.60 Å². The first-order valence-electron chi connectivity index (χ1n) is 4.37. The van der Waals surface area contributed by atoms with Crippen molar-refractivity contribution in [2.75, 3.05) is 19.8 Å². The highest BCUT2D eigenvalue weighted by atomic mass is 32.1. The predicted octanol–water partition coefficient (Wildman–Crippen LogP) is -0.806. The molecule has 1 aromatic heterocycles. The van der Waals surface area contributed by atoms with Gasteiger partial charge in [-0.1, -0.05) is 6.07 Å². The molecule has 84 valence electrons. The molecule has 0 aromatic carbocycles. The molecule has 0 saturated heterocycles. The second-order valence-corrected chi connectivity index (χ2v) is 4.15. The summed E-state index contributed by atoms with van der Waals surface area (Å²) in [7, 11) is 0. The molecule has 1 heterocycles. The van der Waals surface area contributed by atoms with Crippen molar-refractivity contribution in [2.24, 2.45) is 0 Å². The lowest BCUT2D eigenvalue weighted by atomic mass is 10.1. The van der Waals surface area contributed by atoms with Crippen LogP contribution in [0.5, 0.6) is 0 Å². The van der Waals surface area contributed by atoms with E-state index in [2.05, 4.69) is 5.32 Å². The maximum Gasteiger partial charge on any atom is 0.261 e. The fourth-order valence-corrected chi connectivity index (χ4v) is 1.54. The van der Waals surface area contributed by atoms with E-state index in [4.69, 9.17) is 10.2 Å². The van der Waals surface area contributed by atoms with Crippen LogP contribution in [0, 0.1) is 0 Å². The second kappa shape index (κ2) is 5.22. The van der Waals surface area contributed by atoms with Crippen molar-refractivity contribution in [1.29, 1.82) is 0 Å². The summed E-state index contributed by atoms with van der Waals surface area (Å²) in [5.74, 6) is -0.328. The number of carbonyl (C=O) groups is 1. The molecule has 0 atom stereocenters. The lowest BCUT2D eigenvalue weighted by Crippen LogP contribution is -2.48. The normalized spacial score (nSPS) is 11.4. The van der Waals surface area contributed by atoms with Crippen molar-refractivity contribution in [3.05, 3.63) is 22.4 Å². The minimum Gasteiger partial charge on any atom is -0.393 e. The van der Waals surface area contributed by atoms with Crippen LogP contribution in [-0.2, 0) is 0 Å². The summed E-state index contributed by atoms with van der Waals surface area (Å²) in [5.41, 5.74) is -1.66. The molecule has 0 spiro atoms. The number of hydrogen-bond acceptors (Lipinski definition) is 5. The maximum atomic E-state index is 11.4. The summed E-state index contributed by atoms with van der Waals surface area (Å²) in [4.78, 5) is 11.9. The van der Waals surface area contributed by atoms with E-state index in [1.165, 1.54) is 11.3 Å². The Bertz CT molecular complexity index is 308. The van der Waals surface area contributed by atoms with E-state index < -0.39 is 18.8 Å². The first kappa shape index (κ1) is 12.1. The Kier molecular flexibility index (Phi) is 4.22. The average Bonchev–Trinajstić information content (AvgIpc) is 2.79. The zero-order valence-electron chi connectivity index (χ0n) is 8.01. The van der Waals surface area contributed by atoms with Crippen molar-refractivity contribution < 1.29 is 20.1 Å². The number of nitrogens with one attached hydrogen (secondary N) is 1. The first-order chi connectivity index (χ1) is 7.11. The number of aliphatic hydroxyl groups excluding tert-OH is 2. The van der Waals surface area contributed by atoms with Gasteiger partial charge in [-0.05, 0) is 11.4 Å². The highest BCUT2D eigenvalue weighted by molar-refractivity contribution is 7.12. The molecule has 0 radical (unpaired) electrons. The highest BCUT2D eigenvalue weighted by Crippen LogP contribution is 2.08. The van der Waals surface area contributed by atoms with Gasteiger partial charge in [0.15, 0.2) is 0 Å². The molecule has 0 aliphatic heterocycles. The molecule has 6 heteroatoms. The van der Waals surface area contributed by atoms with Crippen LogP contribution in [0.1, 0.15) is 9.67 Å². The van der Waals surface area contributed by atoms with E-state index in [0.29, 0.717) is 4.88 Å². The average molecular weight is 231 g/mol. The summed E-state index contributed by atoms with van der Waals surface area (Å²) in [6.07, 6.45) is 0. The fraction of sp³-hybridized carbons (Fsp3) is 0.444. The van der Waals surface area contributed by atoms with Crippen molar-refractivity contribution in [3.63, 3.8) is 0 Å². The molecule has 0 aliphatic rings. The third kappa shape index (κ3) is 3.28. The van der Waals surface area contributed by atoms with Gasteiger partial charge in [0.05, 0.1) is 24.6 Å². The van der Waals surface area contributed by atoms with Gasteiger partial charge in [0, 0.05) is 0 Å². The quantitative estimate of drug-likeness (QED) is 0.534. The van der Waals surface area contributed by atoms with E-state index in [1.54, 1.807) is 17.5 Å². The Hall–Kier alpha value is -0.950. The number of carbonyl (C=O) groups excluding carboxylic acids is 1. The number of thiophene rings is 1. The van der Waals surface area contributed by atoms with Crippen molar-refractivity contribution in [3.8, 4) is 0 Å². The number of hydrogen-bond donors (Lipinski definition) is 4. The predicted molar refractivity (Wildman–Crippen MR) is 55.8 cm³/mol. The largest absolute Gasteiger partial charge is 0.393 e. The van der Waals surface area contributed by atoms with E-state index in [9.17, 15) is 9.90 Å². The molecule has 1 amide bonds. The van der Waals surface area contributed by atoms with Gasteiger partial charge in [0.25, 0.3) is 5.91 Å². The van der Waals surface area contributed by atoms with Crippen LogP contribution in [-0.4, -0.2) is 46.6 Å². The zero-order valence-corrected chi connectivity index (χ0v) is 8.83. The molecular formula is C9H13NO4S. The molecule has 0 unspecified atom stereocenters. The summed E-state index contributed by atoms with van der Waals surface area (Å²) >= 11 is 1.28. The minimum atomic E-state index is -1.66. The van der Waals surface area contributed by atoms with Gasteiger partial charge in [0.2, 0.25) is 0 Å². The number of rotatable bonds is 5. The molecule has 5 nitrogen and oxygen atoms in total. The first-order valence-corrected chi connectivity index (χ1v) is 5.25. The lowest BCUT2D eigenvalue weighted by molar-refractivity contribution is -0.0515. The van der Waals surface area contributed by atoms with Crippen LogP contribution in [0.15, 0.2) is 17.5 Å².